The van der Waals surface area contributed by atoms with Crippen LogP contribution in [0.4, 0.5) is 5.69 Å². The van der Waals surface area contributed by atoms with Gasteiger partial charge in [0, 0.05) is 12.1 Å². The van der Waals surface area contributed by atoms with Crippen LogP contribution in [0.3, 0.4) is 0 Å². The molecule has 4 nitrogen and oxygen atoms in total. The second-order valence-corrected chi connectivity index (χ2v) is 6.82. The van der Waals surface area contributed by atoms with E-state index in [4.69, 9.17) is 0 Å². The Morgan fingerprint density at radius 3 is 2.48 bits per heavy atom. The van der Waals surface area contributed by atoms with Crippen LogP contribution in [0.1, 0.15) is 37.4 Å². The van der Waals surface area contributed by atoms with Crippen LogP contribution in [0, 0.1) is 13.8 Å². The van der Waals surface area contributed by atoms with Crippen molar-refractivity contribution in [2.75, 3.05) is 5.32 Å². The molecule has 0 spiro atoms. The number of carbonyl (C=O) groups is 2. The standard InChI is InChI=1S/C23H20N2O2/c1-14-8-9-17(12-15(14)2)22(26)25-20-11-10-18(16-6-4-3-5-7-16)19-13-24-23(27)21(19)20/h3-12H,13H2,1-2H3,(H,24,27)(H,25,26). The van der Waals surface area contributed by atoms with Gasteiger partial charge in [0.25, 0.3) is 11.8 Å². The molecule has 4 rings (SSSR count). The molecule has 0 fully saturated rings. The number of aryl methyl sites for hydroxylation is 2. The van der Waals surface area contributed by atoms with Crippen LogP contribution in [0.15, 0.2) is 60.7 Å². The van der Waals surface area contributed by atoms with Crippen LogP contribution >= 0.6 is 0 Å². The third-order valence-electron chi connectivity index (χ3n) is 5.07. The number of hydrogen-bond acceptors (Lipinski definition) is 2. The van der Waals surface area contributed by atoms with Crippen LogP contribution in [0.5, 0.6) is 0 Å². The Labute approximate surface area is 158 Å². The van der Waals surface area contributed by atoms with Crippen molar-refractivity contribution in [1.29, 1.82) is 0 Å². The molecule has 0 radical (unpaired) electrons. The van der Waals surface area contributed by atoms with E-state index in [0.29, 0.717) is 23.4 Å². The molecule has 0 bridgehead atoms. The summed E-state index contributed by atoms with van der Waals surface area (Å²) in [5, 5.41) is 5.79. The molecule has 1 aliphatic rings. The number of rotatable bonds is 3. The third-order valence-corrected chi connectivity index (χ3v) is 5.07. The quantitative estimate of drug-likeness (QED) is 0.728. The SMILES string of the molecule is Cc1ccc(C(=O)Nc2ccc(-c3ccccc3)c3c2C(=O)NC3)cc1C. The zero-order valence-corrected chi connectivity index (χ0v) is 15.3. The zero-order valence-electron chi connectivity index (χ0n) is 15.3. The van der Waals surface area contributed by atoms with E-state index in [2.05, 4.69) is 10.6 Å². The fraction of sp³-hybridized carbons (Fsp3) is 0.130. The maximum absolute atomic E-state index is 12.7. The minimum absolute atomic E-state index is 0.154. The lowest BCUT2D eigenvalue weighted by atomic mass is 9.95. The van der Waals surface area contributed by atoms with E-state index in [1.165, 1.54) is 0 Å². The number of fused-ring (bicyclic) bond motifs is 1. The summed E-state index contributed by atoms with van der Waals surface area (Å²) in [6.07, 6.45) is 0. The van der Waals surface area contributed by atoms with Gasteiger partial charge in [-0.3, -0.25) is 9.59 Å². The smallest absolute Gasteiger partial charge is 0.255 e. The monoisotopic (exact) mass is 356 g/mol. The second kappa shape index (κ2) is 6.72. The van der Waals surface area contributed by atoms with Gasteiger partial charge in [-0.25, -0.2) is 0 Å². The fourth-order valence-electron chi connectivity index (χ4n) is 3.42. The van der Waals surface area contributed by atoms with Crippen molar-refractivity contribution in [3.8, 4) is 11.1 Å². The van der Waals surface area contributed by atoms with E-state index in [9.17, 15) is 9.59 Å². The summed E-state index contributed by atoms with van der Waals surface area (Å²) in [6, 6.07) is 19.3. The van der Waals surface area contributed by atoms with Crippen molar-refractivity contribution in [2.24, 2.45) is 0 Å². The van der Waals surface area contributed by atoms with Crippen molar-refractivity contribution in [3.63, 3.8) is 0 Å². The molecule has 2 amide bonds. The maximum atomic E-state index is 12.7. The number of nitrogens with one attached hydrogen (secondary N) is 2. The predicted molar refractivity (Wildman–Crippen MR) is 107 cm³/mol. The lowest BCUT2D eigenvalue weighted by molar-refractivity contribution is 0.0966. The van der Waals surface area contributed by atoms with Crippen LogP contribution < -0.4 is 10.6 Å². The van der Waals surface area contributed by atoms with Gasteiger partial charge in [-0.1, -0.05) is 42.5 Å². The van der Waals surface area contributed by atoms with Crippen LogP contribution in [0.2, 0.25) is 0 Å². The Hall–Kier alpha value is -3.40. The molecule has 0 saturated heterocycles. The molecule has 27 heavy (non-hydrogen) atoms. The van der Waals surface area contributed by atoms with E-state index >= 15 is 0 Å². The van der Waals surface area contributed by atoms with Crippen LogP contribution in [-0.2, 0) is 6.54 Å². The molecule has 0 aromatic heterocycles. The van der Waals surface area contributed by atoms with Crippen molar-refractivity contribution in [2.45, 2.75) is 20.4 Å². The van der Waals surface area contributed by atoms with E-state index in [1.807, 2.05) is 68.4 Å². The minimum atomic E-state index is -0.215. The lowest BCUT2D eigenvalue weighted by Gasteiger charge is -2.13. The largest absolute Gasteiger partial charge is 0.348 e. The Bertz CT molecular complexity index is 1060. The van der Waals surface area contributed by atoms with Crippen LogP contribution in [-0.4, -0.2) is 11.8 Å². The van der Waals surface area contributed by atoms with E-state index < -0.39 is 0 Å². The highest BCUT2D eigenvalue weighted by Gasteiger charge is 2.26. The van der Waals surface area contributed by atoms with Gasteiger partial charge in [-0.05, 0) is 59.9 Å². The molecule has 1 heterocycles. The Kier molecular flexibility index (Phi) is 4.24. The predicted octanol–water partition coefficient (Wildman–Crippen LogP) is 4.47. The normalized spacial score (nSPS) is 12.4. The summed E-state index contributed by atoms with van der Waals surface area (Å²) in [4.78, 5) is 25.1. The van der Waals surface area contributed by atoms with Gasteiger partial charge in [-0.15, -0.1) is 0 Å². The lowest BCUT2D eigenvalue weighted by Crippen LogP contribution is -2.17. The number of amides is 2. The Morgan fingerprint density at radius 2 is 1.74 bits per heavy atom. The Morgan fingerprint density at radius 1 is 0.963 bits per heavy atom. The van der Waals surface area contributed by atoms with Crippen molar-refractivity contribution >= 4 is 17.5 Å². The van der Waals surface area contributed by atoms with E-state index in [0.717, 1.165) is 27.8 Å². The van der Waals surface area contributed by atoms with Crippen molar-refractivity contribution in [1.82, 2.24) is 5.32 Å². The molecule has 2 N–H and O–H groups in total. The zero-order chi connectivity index (χ0) is 19.0. The number of hydrogen-bond donors (Lipinski definition) is 2. The second-order valence-electron chi connectivity index (χ2n) is 6.82. The molecule has 134 valence electrons. The highest BCUT2D eigenvalue weighted by atomic mass is 16.2. The first-order chi connectivity index (χ1) is 13.0. The van der Waals surface area contributed by atoms with Crippen molar-refractivity contribution < 1.29 is 9.59 Å². The average Bonchev–Trinajstić information content (AvgIpc) is 3.07. The highest BCUT2D eigenvalue weighted by Crippen LogP contribution is 2.34. The molecule has 0 unspecified atom stereocenters. The molecule has 0 saturated carbocycles. The number of anilines is 1. The topological polar surface area (TPSA) is 58.2 Å². The molecule has 1 aliphatic heterocycles. The first kappa shape index (κ1) is 17.0. The highest BCUT2D eigenvalue weighted by molar-refractivity contribution is 6.11. The minimum Gasteiger partial charge on any atom is -0.348 e. The molecule has 3 aromatic carbocycles. The number of carbonyl (C=O) groups excluding carboxylic acids is 2. The van der Waals surface area contributed by atoms with Gasteiger partial charge in [0.1, 0.15) is 0 Å². The van der Waals surface area contributed by atoms with Gasteiger partial charge in [0.2, 0.25) is 0 Å². The molecular weight excluding hydrogens is 336 g/mol. The average molecular weight is 356 g/mol. The molecule has 4 heteroatoms. The Balaban J connectivity index is 1.72. The molecule has 0 aliphatic carbocycles. The summed E-state index contributed by atoms with van der Waals surface area (Å²) in [7, 11) is 0. The summed E-state index contributed by atoms with van der Waals surface area (Å²) in [5.74, 6) is -0.370. The first-order valence-electron chi connectivity index (χ1n) is 8.92. The first-order valence-corrected chi connectivity index (χ1v) is 8.92. The van der Waals surface area contributed by atoms with E-state index in [1.54, 1.807) is 6.07 Å². The van der Waals surface area contributed by atoms with Crippen molar-refractivity contribution in [3.05, 3.63) is 88.5 Å². The van der Waals surface area contributed by atoms with Gasteiger partial charge in [0.15, 0.2) is 0 Å². The summed E-state index contributed by atoms with van der Waals surface area (Å²) in [5.41, 5.74) is 6.85. The molecule has 3 aromatic rings. The molecular formula is C23H20N2O2. The van der Waals surface area contributed by atoms with Gasteiger partial charge in [0.05, 0.1) is 11.3 Å². The summed E-state index contributed by atoms with van der Waals surface area (Å²) >= 11 is 0. The summed E-state index contributed by atoms with van der Waals surface area (Å²) in [6.45, 7) is 4.45. The molecule has 0 atom stereocenters. The fourth-order valence-corrected chi connectivity index (χ4v) is 3.42. The third kappa shape index (κ3) is 3.10. The van der Waals surface area contributed by atoms with Gasteiger partial charge >= 0.3 is 0 Å². The van der Waals surface area contributed by atoms with Gasteiger partial charge < -0.3 is 10.6 Å². The summed E-state index contributed by atoms with van der Waals surface area (Å²) < 4.78 is 0. The number of benzene rings is 3. The van der Waals surface area contributed by atoms with Gasteiger partial charge in [-0.2, -0.15) is 0 Å². The maximum Gasteiger partial charge on any atom is 0.255 e. The van der Waals surface area contributed by atoms with E-state index in [-0.39, 0.29) is 11.8 Å². The van der Waals surface area contributed by atoms with Crippen LogP contribution in [0.25, 0.3) is 11.1 Å².